The van der Waals surface area contributed by atoms with Crippen LogP contribution in [0.5, 0.6) is 0 Å². The average Bonchev–Trinajstić information content (AvgIpc) is 2.98. The highest BCUT2D eigenvalue weighted by Gasteiger charge is 2.09. The molecule has 6 heteroatoms. The van der Waals surface area contributed by atoms with Crippen LogP contribution in [0.25, 0.3) is 10.6 Å². The molecule has 3 aromatic rings. The molecule has 0 aliphatic carbocycles. The molecule has 0 spiro atoms. The van der Waals surface area contributed by atoms with Crippen molar-refractivity contribution >= 4 is 11.3 Å². The van der Waals surface area contributed by atoms with Gasteiger partial charge in [0, 0.05) is 11.6 Å². The van der Waals surface area contributed by atoms with Crippen molar-refractivity contribution in [3.8, 4) is 10.6 Å². The number of nitrogens with zero attached hydrogens (tertiary/aromatic N) is 4. The summed E-state index contributed by atoms with van der Waals surface area (Å²) in [5, 5.41) is 10.0. The predicted molar refractivity (Wildman–Crippen MR) is 87.0 cm³/mol. The Hall–Kier alpha value is -2.34. The van der Waals surface area contributed by atoms with E-state index in [0.29, 0.717) is 6.54 Å². The topological polar surface area (TPSA) is 60.7 Å². The van der Waals surface area contributed by atoms with Crippen LogP contribution in [0.2, 0.25) is 0 Å². The molecule has 0 N–H and O–H groups in total. The summed E-state index contributed by atoms with van der Waals surface area (Å²) >= 11 is 1.49. The Morgan fingerprint density at radius 3 is 2.64 bits per heavy atom. The molecule has 0 amide bonds. The van der Waals surface area contributed by atoms with Crippen molar-refractivity contribution in [2.24, 2.45) is 0 Å². The molecule has 1 aromatic carbocycles. The van der Waals surface area contributed by atoms with E-state index in [1.807, 2.05) is 44.2 Å². The van der Waals surface area contributed by atoms with E-state index in [1.165, 1.54) is 11.3 Å². The van der Waals surface area contributed by atoms with Crippen LogP contribution in [0, 0.1) is 0 Å². The second-order valence-corrected chi connectivity index (χ2v) is 6.36. The van der Waals surface area contributed by atoms with Gasteiger partial charge in [-0.1, -0.05) is 55.5 Å². The van der Waals surface area contributed by atoms with E-state index in [2.05, 4.69) is 15.2 Å². The maximum Gasteiger partial charge on any atom is 0.253 e. The lowest BCUT2D eigenvalue weighted by atomic mass is 10.1. The number of benzene rings is 1. The number of hydrogen-bond acceptors (Lipinski definition) is 5. The molecule has 0 saturated carbocycles. The maximum atomic E-state index is 12.1. The minimum atomic E-state index is -0.0600. The Kier molecular flexibility index (Phi) is 4.11. The highest BCUT2D eigenvalue weighted by atomic mass is 32.1. The molecule has 5 nitrogen and oxygen atoms in total. The van der Waals surface area contributed by atoms with Crippen molar-refractivity contribution in [1.29, 1.82) is 0 Å². The third-order valence-corrected chi connectivity index (χ3v) is 4.24. The van der Waals surface area contributed by atoms with E-state index < -0.39 is 0 Å². The first-order chi connectivity index (χ1) is 10.6. The highest BCUT2D eigenvalue weighted by molar-refractivity contribution is 7.14. The van der Waals surface area contributed by atoms with E-state index >= 15 is 0 Å². The van der Waals surface area contributed by atoms with Crippen LogP contribution in [0.15, 0.2) is 47.5 Å². The van der Waals surface area contributed by atoms with Gasteiger partial charge in [0.25, 0.3) is 5.56 Å². The van der Waals surface area contributed by atoms with Gasteiger partial charge in [0.05, 0.1) is 18.6 Å². The monoisotopic (exact) mass is 312 g/mol. The molecule has 0 aliphatic rings. The lowest BCUT2D eigenvalue weighted by Gasteiger charge is -2.06. The van der Waals surface area contributed by atoms with E-state index in [0.717, 1.165) is 21.3 Å². The summed E-state index contributed by atoms with van der Waals surface area (Å²) in [4.78, 5) is 16.4. The lowest BCUT2D eigenvalue weighted by molar-refractivity contribution is 0.698. The van der Waals surface area contributed by atoms with Crippen LogP contribution in [0.4, 0.5) is 0 Å². The van der Waals surface area contributed by atoms with Crippen molar-refractivity contribution in [2.75, 3.05) is 0 Å². The SMILES string of the molecule is CC(C)c1cc(=O)n(Cc2nnc(-c3ccccc3)s2)cn1. The molecule has 22 heavy (non-hydrogen) atoms. The molecule has 2 aromatic heterocycles. The van der Waals surface area contributed by atoms with Crippen LogP contribution in [0.3, 0.4) is 0 Å². The summed E-state index contributed by atoms with van der Waals surface area (Å²) in [5.41, 5.74) is 1.78. The van der Waals surface area contributed by atoms with Crippen molar-refractivity contribution in [1.82, 2.24) is 19.7 Å². The number of aromatic nitrogens is 4. The molecule has 0 bridgehead atoms. The van der Waals surface area contributed by atoms with Gasteiger partial charge < -0.3 is 0 Å². The third kappa shape index (κ3) is 3.12. The number of hydrogen-bond donors (Lipinski definition) is 0. The first kappa shape index (κ1) is 14.6. The van der Waals surface area contributed by atoms with Crippen LogP contribution in [0.1, 0.15) is 30.5 Å². The minimum Gasteiger partial charge on any atom is -0.292 e. The Morgan fingerprint density at radius 1 is 1.18 bits per heavy atom. The lowest BCUT2D eigenvalue weighted by Crippen LogP contribution is -2.21. The molecule has 0 radical (unpaired) electrons. The first-order valence-corrected chi connectivity index (χ1v) is 7.89. The summed E-state index contributed by atoms with van der Waals surface area (Å²) in [5.74, 6) is 0.244. The van der Waals surface area contributed by atoms with Gasteiger partial charge in [-0.15, -0.1) is 10.2 Å². The predicted octanol–water partition coefficient (Wildman–Crippen LogP) is 2.93. The third-order valence-electron chi connectivity index (χ3n) is 3.29. The Bertz CT molecular complexity index is 823. The zero-order chi connectivity index (χ0) is 15.5. The number of rotatable bonds is 4. The zero-order valence-corrected chi connectivity index (χ0v) is 13.2. The molecule has 0 unspecified atom stereocenters. The summed E-state index contributed by atoms with van der Waals surface area (Å²) in [6.07, 6.45) is 1.58. The second-order valence-electron chi connectivity index (χ2n) is 5.30. The Labute approximate surface area is 132 Å². The largest absolute Gasteiger partial charge is 0.292 e. The van der Waals surface area contributed by atoms with Gasteiger partial charge in [-0.25, -0.2) is 4.98 Å². The summed E-state index contributed by atoms with van der Waals surface area (Å²) < 4.78 is 1.56. The van der Waals surface area contributed by atoms with E-state index in [9.17, 15) is 4.79 Å². The van der Waals surface area contributed by atoms with Crippen LogP contribution < -0.4 is 5.56 Å². The summed E-state index contributed by atoms with van der Waals surface area (Å²) in [6.45, 7) is 4.43. The molecule has 2 heterocycles. The van der Waals surface area contributed by atoms with E-state index in [4.69, 9.17) is 0 Å². The van der Waals surface area contributed by atoms with Crippen molar-refractivity contribution in [3.05, 3.63) is 63.8 Å². The molecule has 112 valence electrons. The average molecular weight is 312 g/mol. The van der Waals surface area contributed by atoms with Crippen molar-refractivity contribution < 1.29 is 0 Å². The van der Waals surface area contributed by atoms with Gasteiger partial charge in [0.1, 0.15) is 10.0 Å². The standard InChI is InChI=1S/C16H16N4OS/c1-11(2)13-8-15(21)20(10-17-13)9-14-18-19-16(22-14)12-6-4-3-5-7-12/h3-8,10-11H,9H2,1-2H3. The van der Waals surface area contributed by atoms with Gasteiger partial charge in [-0.2, -0.15) is 0 Å². The van der Waals surface area contributed by atoms with Gasteiger partial charge in [-0.05, 0) is 5.92 Å². The summed E-state index contributed by atoms with van der Waals surface area (Å²) in [7, 11) is 0. The molecule has 0 aliphatic heterocycles. The summed E-state index contributed by atoms with van der Waals surface area (Å²) in [6, 6.07) is 11.5. The Morgan fingerprint density at radius 2 is 1.95 bits per heavy atom. The van der Waals surface area contributed by atoms with E-state index in [1.54, 1.807) is 17.0 Å². The van der Waals surface area contributed by atoms with Crippen molar-refractivity contribution in [3.63, 3.8) is 0 Å². The molecule has 0 fully saturated rings. The zero-order valence-electron chi connectivity index (χ0n) is 12.4. The molecule has 3 rings (SSSR count). The maximum absolute atomic E-state index is 12.1. The van der Waals surface area contributed by atoms with Crippen LogP contribution in [-0.2, 0) is 6.54 Å². The fraction of sp³-hybridized carbons (Fsp3) is 0.250. The minimum absolute atomic E-state index is 0.0600. The second kappa shape index (κ2) is 6.19. The fourth-order valence-electron chi connectivity index (χ4n) is 2.04. The van der Waals surface area contributed by atoms with Crippen LogP contribution in [-0.4, -0.2) is 19.7 Å². The van der Waals surface area contributed by atoms with Crippen LogP contribution >= 0.6 is 11.3 Å². The normalized spacial score (nSPS) is 11.0. The molecular formula is C16H16N4OS. The molecule has 0 saturated heterocycles. The van der Waals surface area contributed by atoms with Crippen molar-refractivity contribution in [2.45, 2.75) is 26.3 Å². The smallest absolute Gasteiger partial charge is 0.253 e. The first-order valence-electron chi connectivity index (χ1n) is 7.07. The van der Waals surface area contributed by atoms with Gasteiger partial charge in [-0.3, -0.25) is 9.36 Å². The fourth-order valence-corrected chi connectivity index (χ4v) is 2.88. The van der Waals surface area contributed by atoms with Gasteiger partial charge in [0.2, 0.25) is 0 Å². The highest BCUT2D eigenvalue weighted by Crippen LogP contribution is 2.23. The Balaban J connectivity index is 1.83. The molecular weight excluding hydrogens is 296 g/mol. The van der Waals surface area contributed by atoms with Gasteiger partial charge in [0.15, 0.2) is 0 Å². The quantitative estimate of drug-likeness (QED) is 0.743. The molecule has 0 atom stereocenters. The van der Waals surface area contributed by atoms with E-state index in [-0.39, 0.29) is 11.5 Å². The van der Waals surface area contributed by atoms with Gasteiger partial charge >= 0.3 is 0 Å².